The van der Waals surface area contributed by atoms with Gasteiger partial charge in [-0.25, -0.2) is 0 Å². The van der Waals surface area contributed by atoms with Crippen molar-refractivity contribution in [3.05, 3.63) is 70.6 Å². The minimum absolute atomic E-state index is 0.0201. The number of nitrogens with one attached hydrogen (secondary N) is 2. The summed E-state index contributed by atoms with van der Waals surface area (Å²) in [5, 5.41) is 15.3. The molecule has 6 heteroatoms. The van der Waals surface area contributed by atoms with Crippen LogP contribution in [0.2, 0.25) is 5.02 Å². The lowest BCUT2D eigenvalue weighted by molar-refractivity contribution is -0.112. The van der Waals surface area contributed by atoms with Gasteiger partial charge in [0.1, 0.15) is 11.6 Å². The van der Waals surface area contributed by atoms with Crippen LogP contribution in [0, 0.1) is 18.3 Å². The first-order chi connectivity index (χ1) is 11.1. The first kappa shape index (κ1) is 16.5. The number of hydrogen-bond donors (Lipinski definition) is 2. The Morgan fingerprint density at radius 3 is 2.96 bits per heavy atom. The molecular formula is C17H15ClN4O. The standard InChI is InChI=1S/C17H15ClN4O/c1-12-4-5-15(18)7-16(12)22-17(23)14(8-19)11-21-10-13-3-2-6-20-9-13/h2-7,9,11,21H,10H2,1H3,(H,22,23)/b14-11-. The SMILES string of the molecule is Cc1ccc(Cl)cc1NC(=O)/C(C#N)=C\NCc1cccnc1. The third kappa shape index (κ3) is 4.83. The molecule has 2 aromatic rings. The fourth-order valence-corrected chi connectivity index (χ4v) is 2.01. The average molecular weight is 327 g/mol. The average Bonchev–Trinajstić information content (AvgIpc) is 2.56. The van der Waals surface area contributed by atoms with Crippen molar-refractivity contribution in [2.24, 2.45) is 0 Å². The lowest BCUT2D eigenvalue weighted by Crippen LogP contribution is -2.17. The molecule has 2 rings (SSSR count). The van der Waals surface area contributed by atoms with Gasteiger partial charge >= 0.3 is 0 Å². The second-order valence-corrected chi connectivity index (χ2v) is 5.26. The molecule has 0 aliphatic heterocycles. The van der Waals surface area contributed by atoms with E-state index in [0.717, 1.165) is 11.1 Å². The summed E-state index contributed by atoms with van der Waals surface area (Å²) in [5.74, 6) is -0.489. The van der Waals surface area contributed by atoms with Crippen LogP contribution >= 0.6 is 11.6 Å². The van der Waals surface area contributed by atoms with Crippen molar-refractivity contribution >= 4 is 23.2 Å². The molecule has 116 valence electrons. The summed E-state index contributed by atoms with van der Waals surface area (Å²) in [4.78, 5) is 16.1. The lowest BCUT2D eigenvalue weighted by atomic mass is 10.2. The van der Waals surface area contributed by atoms with Gasteiger partial charge in [0.25, 0.3) is 5.91 Å². The van der Waals surface area contributed by atoms with Crippen molar-refractivity contribution < 1.29 is 4.79 Å². The van der Waals surface area contributed by atoms with E-state index in [4.69, 9.17) is 16.9 Å². The highest BCUT2D eigenvalue weighted by molar-refractivity contribution is 6.31. The van der Waals surface area contributed by atoms with Crippen molar-refractivity contribution in [2.45, 2.75) is 13.5 Å². The van der Waals surface area contributed by atoms with Crippen molar-refractivity contribution in [3.63, 3.8) is 0 Å². The highest BCUT2D eigenvalue weighted by atomic mass is 35.5. The van der Waals surface area contributed by atoms with Gasteiger partial charge in [-0.1, -0.05) is 23.7 Å². The smallest absolute Gasteiger partial charge is 0.267 e. The summed E-state index contributed by atoms with van der Waals surface area (Å²) in [5.41, 5.74) is 2.37. The molecular weight excluding hydrogens is 312 g/mol. The molecule has 1 aromatic heterocycles. The number of benzene rings is 1. The Labute approximate surface area is 139 Å². The second kappa shape index (κ2) is 7.97. The molecule has 0 atom stereocenters. The molecule has 0 saturated heterocycles. The predicted octanol–water partition coefficient (Wildman–Crippen LogP) is 3.18. The van der Waals surface area contributed by atoms with Crippen LogP contribution in [0.25, 0.3) is 0 Å². The van der Waals surface area contributed by atoms with Crippen LogP contribution in [-0.4, -0.2) is 10.9 Å². The largest absolute Gasteiger partial charge is 0.386 e. The van der Waals surface area contributed by atoms with E-state index >= 15 is 0 Å². The molecule has 0 saturated carbocycles. The van der Waals surface area contributed by atoms with E-state index in [1.54, 1.807) is 30.6 Å². The molecule has 0 aliphatic carbocycles. The zero-order valence-electron chi connectivity index (χ0n) is 12.5. The zero-order chi connectivity index (χ0) is 16.7. The molecule has 5 nitrogen and oxygen atoms in total. The van der Waals surface area contributed by atoms with E-state index < -0.39 is 5.91 Å². The monoisotopic (exact) mass is 326 g/mol. The molecule has 23 heavy (non-hydrogen) atoms. The van der Waals surface area contributed by atoms with Gasteiger partial charge in [0.05, 0.1) is 0 Å². The van der Waals surface area contributed by atoms with Crippen molar-refractivity contribution in [1.82, 2.24) is 10.3 Å². The summed E-state index contributed by atoms with van der Waals surface area (Å²) >= 11 is 5.92. The van der Waals surface area contributed by atoms with Gasteiger partial charge in [-0.05, 0) is 36.2 Å². The van der Waals surface area contributed by atoms with Gasteiger partial charge in [-0.2, -0.15) is 5.26 Å². The number of aromatic nitrogens is 1. The second-order valence-electron chi connectivity index (χ2n) is 4.83. The normalized spacial score (nSPS) is 10.7. The van der Waals surface area contributed by atoms with Gasteiger partial charge < -0.3 is 10.6 Å². The van der Waals surface area contributed by atoms with Crippen LogP contribution in [0.5, 0.6) is 0 Å². The third-order valence-electron chi connectivity index (χ3n) is 3.09. The Bertz CT molecular complexity index is 766. The molecule has 1 amide bonds. The number of carbonyl (C=O) groups is 1. The minimum atomic E-state index is -0.489. The molecule has 0 fully saturated rings. The van der Waals surface area contributed by atoms with E-state index in [0.29, 0.717) is 17.3 Å². The molecule has 1 heterocycles. The summed E-state index contributed by atoms with van der Waals surface area (Å²) < 4.78 is 0. The fraction of sp³-hybridized carbons (Fsp3) is 0.118. The van der Waals surface area contributed by atoms with Crippen LogP contribution in [0.4, 0.5) is 5.69 Å². The number of halogens is 1. The van der Waals surface area contributed by atoms with Gasteiger partial charge in [0.2, 0.25) is 0 Å². The van der Waals surface area contributed by atoms with Crippen molar-refractivity contribution in [2.75, 3.05) is 5.32 Å². The number of amides is 1. The number of pyridine rings is 1. The van der Waals surface area contributed by atoms with Crippen LogP contribution in [0.1, 0.15) is 11.1 Å². The van der Waals surface area contributed by atoms with E-state index in [9.17, 15) is 4.79 Å². The number of anilines is 1. The third-order valence-corrected chi connectivity index (χ3v) is 3.32. The summed E-state index contributed by atoms with van der Waals surface area (Å²) in [7, 11) is 0. The zero-order valence-corrected chi connectivity index (χ0v) is 13.3. The number of nitrogens with zero attached hydrogens (tertiary/aromatic N) is 2. The van der Waals surface area contributed by atoms with Crippen LogP contribution in [0.3, 0.4) is 0 Å². The summed E-state index contributed by atoms with van der Waals surface area (Å²) in [6.45, 7) is 2.32. The maximum atomic E-state index is 12.2. The molecule has 0 spiro atoms. The molecule has 0 aliphatic rings. The van der Waals surface area contributed by atoms with E-state index in [1.165, 1.54) is 6.20 Å². The van der Waals surface area contributed by atoms with Gasteiger partial charge in [-0.15, -0.1) is 0 Å². The summed E-state index contributed by atoms with van der Waals surface area (Å²) in [6.07, 6.45) is 4.78. The van der Waals surface area contributed by atoms with E-state index in [1.807, 2.05) is 25.1 Å². The predicted molar refractivity (Wildman–Crippen MR) is 89.6 cm³/mol. The Kier molecular flexibility index (Phi) is 5.73. The molecule has 0 unspecified atom stereocenters. The van der Waals surface area contributed by atoms with Gasteiger partial charge in [0.15, 0.2) is 0 Å². The number of hydrogen-bond acceptors (Lipinski definition) is 4. The molecule has 0 radical (unpaired) electrons. The Morgan fingerprint density at radius 2 is 2.26 bits per heavy atom. The van der Waals surface area contributed by atoms with Crippen LogP contribution < -0.4 is 10.6 Å². The Morgan fingerprint density at radius 1 is 1.43 bits per heavy atom. The maximum absolute atomic E-state index is 12.2. The van der Waals surface area contributed by atoms with E-state index in [-0.39, 0.29) is 5.57 Å². The fourth-order valence-electron chi connectivity index (χ4n) is 1.84. The first-order valence-electron chi connectivity index (χ1n) is 6.90. The number of carbonyl (C=O) groups excluding carboxylic acids is 1. The highest BCUT2D eigenvalue weighted by Crippen LogP contribution is 2.20. The van der Waals surface area contributed by atoms with Gasteiger partial charge in [0, 0.05) is 35.8 Å². The Hall–Kier alpha value is -2.84. The highest BCUT2D eigenvalue weighted by Gasteiger charge is 2.10. The topological polar surface area (TPSA) is 77.8 Å². The van der Waals surface area contributed by atoms with Crippen molar-refractivity contribution in [3.8, 4) is 6.07 Å². The maximum Gasteiger partial charge on any atom is 0.267 e. The quantitative estimate of drug-likeness (QED) is 0.653. The van der Waals surface area contributed by atoms with Crippen molar-refractivity contribution in [1.29, 1.82) is 5.26 Å². The number of rotatable bonds is 5. The molecule has 1 aromatic carbocycles. The minimum Gasteiger partial charge on any atom is -0.386 e. The number of nitriles is 1. The van der Waals surface area contributed by atoms with Crippen LogP contribution in [0.15, 0.2) is 54.5 Å². The molecule has 2 N–H and O–H groups in total. The first-order valence-corrected chi connectivity index (χ1v) is 7.28. The van der Waals surface area contributed by atoms with Gasteiger partial charge in [-0.3, -0.25) is 9.78 Å². The summed E-state index contributed by atoms with van der Waals surface area (Å²) in [6, 6.07) is 10.8. The molecule has 0 bridgehead atoms. The number of aryl methyl sites for hydroxylation is 1. The van der Waals surface area contributed by atoms with E-state index in [2.05, 4.69) is 15.6 Å². The Balaban J connectivity index is 2.02. The lowest BCUT2D eigenvalue weighted by Gasteiger charge is -2.08. The van der Waals surface area contributed by atoms with Crippen LogP contribution in [-0.2, 0) is 11.3 Å².